The second-order valence-corrected chi connectivity index (χ2v) is 1.68. The zero-order valence-corrected chi connectivity index (χ0v) is 3.99. The summed E-state index contributed by atoms with van der Waals surface area (Å²) in [5.41, 5.74) is 0. The Hall–Kier alpha value is 0. The zero-order chi connectivity index (χ0) is 4.28. The lowest BCUT2D eigenvalue weighted by atomic mass is 10.2. The first-order valence-corrected chi connectivity index (χ1v) is 2.06. The Morgan fingerprint density at radius 3 is 1.80 bits per heavy atom. The SMILES string of the molecule is [CH2-]CC(C)C. The topological polar surface area (TPSA) is 0 Å². The molecule has 0 bridgehead atoms. The van der Waals surface area contributed by atoms with Crippen LogP contribution in [-0.2, 0) is 0 Å². The summed E-state index contributed by atoms with van der Waals surface area (Å²) >= 11 is 0. The quantitative estimate of drug-likeness (QED) is 0.414. The lowest BCUT2D eigenvalue weighted by molar-refractivity contribution is 0.661. The van der Waals surface area contributed by atoms with Crippen molar-refractivity contribution in [3.05, 3.63) is 6.92 Å². The van der Waals surface area contributed by atoms with E-state index in [-0.39, 0.29) is 0 Å². The molecule has 0 fully saturated rings. The molecule has 32 valence electrons. The highest BCUT2D eigenvalue weighted by Crippen LogP contribution is 1.93. The fraction of sp³-hybridized carbons (Fsp3) is 0.800. The van der Waals surface area contributed by atoms with Gasteiger partial charge in [0.05, 0.1) is 0 Å². The third-order valence-corrected chi connectivity index (χ3v) is 0.577. The maximum absolute atomic E-state index is 3.69. The van der Waals surface area contributed by atoms with Crippen LogP contribution in [0.3, 0.4) is 0 Å². The van der Waals surface area contributed by atoms with Gasteiger partial charge >= 0.3 is 0 Å². The molecule has 0 rings (SSSR count). The average Bonchev–Trinajstić information content (AvgIpc) is 1.38. The van der Waals surface area contributed by atoms with E-state index < -0.39 is 0 Å². The molecule has 0 spiro atoms. The Morgan fingerprint density at radius 2 is 1.80 bits per heavy atom. The molecule has 0 radical (unpaired) electrons. The van der Waals surface area contributed by atoms with Crippen LogP contribution in [0.1, 0.15) is 20.3 Å². The molecular weight excluding hydrogens is 60.1 g/mol. The van der Waals surface area contributed by atoms with E-state index in [1.54, 1.807) is 0 Å². The van der Waals surface area contributed by atoms with E-state index in [1.165, 1.54) is 0 Å². The second-order valence-electron chi connectivity index (χ2n) is 1.68. The molecule has 5 heavy (non-hydrogen) atoms. The zero-order valence-electron chi connectivity index (χ0n) is 3.99. The Labute approximate surface area is 34.2 Å². The van der Waals surface area contributed by atoms with Gasteiger partial charge in [0.25, 0.3) is 0 Å². The molecular formula is C5H11-. The maximum atomic E-state index is 3.69. The van der Waals surface area contributed by atoms with Gasteiger partial charge in [0.1, 0.15) is 0 Å². The van der Waals surface area contributed by atoms with E-state index in [0.29, 0.717) is 0 Å². The van der Waals surface area contributed by atoms with Crippen molar-refractivity contribution in [1.29, 1.82) is 0 Å². The molecule has 0 saturated heterocycles. The Bertz CT molecular complexity index is 14.0. The third-order valence-electron chi connectivity index (χ3n) is 0.577. The average molecular weight is 71.1 g/mol. The van der Waals surface area contributed by atoms with E-state index in [2.05, 4.69) is 20.8 Å². The molecule has 0 nitrogen and oxygen atoms in total. The Balaban J connectivity index is 2.54. The minimum Gasteiger partial charge on any atom is -0.343 e. The minimum atomic E-state index is 0.773. The lowest BCUT2D eigenvalue weighted by Gasteiger charge is -1.97. The standard InChI is InChI=1S/C5H11/c1-4-5(2)3/h5H,1,4H2,2-3H3/q-1. The van der Waals surface area contributed by atoms with Crippen LogP contribution in [0.2, 0.25) is 0 Å². The molecule has 0 heterocycles. The molecule has 0 heteroatoms. The van der Waals surface area contributed by atoms with Gasteiger partial charge in [0.15, 0.2) is 0 Å². The summed E-state index contributed by atoms with van der Waals surface area (Å²) in [6.07, 6.45) is 1.06. The molecule has 0 aromatic rings. The second kappa shape index (κ2) is 2.25. The van der Waals surface area contributed by atoms with Crippen LogP contribution in [0.4, 0.5) is 0 Å². The van der Waals surface area contributed by atoms with Crippen molar-refractivity contribution in [1.82, 2.24) is 0 Å². The highest BCUT2D eigenvalue weighted by molar-refractivity contribution is 4.42. The molecule has 0 aliphatic rings. The summed E-state index contributed by atoms with van der Waals surface area (Å²) in [4.78, 5) is 0. The third kappa shape index (κ3) is 4.00. The first-order chi connectivity index (χ1) is 2.27. The number of hydrogen-bond donors (Lipinski definition) is 0. The molecule has 0 aromatic carbocycles. The summed E-state index contributed by atoms with van der Waals surface area (Å²) in [6.45, 7) is 8.00. The molecule has 0 aliphatic heterocycles. The van der Waals surface area contributed by atoms with E-state index in [4.69, 9.17) is 0 Å². The maximum Gasteiger partial charge on any atom is -0.0652 e. The van der Waals surface area contributed by atoms with Crippen molar-refractivity contribution in [2.24, 2.45) is 5.92 Å². The van der Waals surface area contributed by atoms with Crippen LogP contribution in [0.5, 0.6) is 0 Å². The van der Waals surface area contributed by atoms with Gasteiger partial charge in [-0.1, -0.05) is 19.8 Å². The van der Waals surface area contributed by atoms with Crippen LogP contribution in [0, 0.1) is 12.8 Å². The summed E-state index contributed by atoms with van der Waals surface area (Å²) in [5, 5.41) is 0. The van der Waals surface area contributed by atoms with E-state index >= 15 is 0 Å². The van der Waals surface area contributed by atoms with E-state index in [9.17, 15) is 0 Å². The predicted octanol–water partition coefficient (Wildman–Crippen LogP) is 1.87. The summed E-state index contributed by atoms with van der Waals surface area (Å²) in [7, 11) is 0. The van der Waals surface area contributed by atoms with E-state index in [1.807, 2.05) is 0 Å². The van der Waals surface area contributed by atoms with Crippen molar-refractivity contribution in [3.8, 4) is 0 Å². The van der Waals surface area contributed by atoms with Gasteiger partial charge in [-0.15, -0.1) is 0 Å². The minimum absolute atomic E-state index is 0.773. The van der Waals surface area contributed by atoms with Crippen LogP contribution in [0.25, 0.3) is 0 Å². The van der Waals surface area contributed by atoms with Crippen molar-refractivity contribution in [2.45, 2.75) is 20.3 Å². The van der Waals surface area contributed by atoms with Gasteiger partial charge in [-0.05, 0) is 0 Å². The van der Waals surface area contributed by atoms with Crippen LogP contribution in [0.15, 0.2) is 0 Å². The highest BCUT2D eigenvalue weighted by atomic mass is 13.9. The van der Waals surface area contributed by atoms with Gasteiger partial charge in [-0.25, -0.2) is 0 Å². The highest BCUT2D eigenvalue weighted by Gasteiger charge is 1.74. The molecule has 0 N–H and O–H groups in total. The molecule has 0 aromatic heterocycles. The van der Waals surface area contributed by atoms with Crippen molar-refractivity contribution < 1.29 is 0 Å². The van der Waals surface area contributed by atoms with Gasteiger partial charge < -0.3 is 6.92 Å². The fourth-order valence-corrected chi connectivity index (χ4v) is 0. The number of rotatable bonds is 1. The summed E-state index contributed by atoms with van der Waals surface area (Å²) < 4.78 is 0. The van der Waals surface area contributed by atoms with Crippen molar-refractivity contribution >= 4 is 0 Å². The van der Waals surface area contributed by atoms with Crippen LogP contribution in [-0.4, -0.2) is 0 Å². The van der Waals surface area contributed by atoms with Crippen molar-refractivity contribution in [2.75, 3.05) is 0 Å². The number of hydrogen-bond acceptors (Lipinski definition) is 0. The normalized spacial score (nSPS) is 9.60. The predicted molar refractivity (Wildman–Crippen MR) is 24.8 cm³/mol. The molecule has 0 saturated carbocycles. The van der Waals surface area contributed by atoms with Crippen LogP contribution < -0.4 is 0 Å². The Kier molecular flexibility index (Phi) is 2.25. The van der Waals surface area contributed by atoms with Gasteiger partial charge in [0, 0.05) is 0 Å². The molecule has 0 unspecified atom stereocenters. The first-order valence-electron chi connectivity index (χ1n) is 2.06. The van der Waals surface area contributed by atoms with Gasteiger partial charge in [-0.2, -0.15) is 6.42 Å². The summed E-state index contributed by atoms with van der Waals surface area (Å²) in [5.74, 6) is 0.773. The van der Waals surface area contributed by atoms with Crippen molar-refractivity contribution in [3.63, 3.8) is 0 Å². The van der Waals surface area contributed by atoms with Gasteiger partial charge in [0.2, 0.25) is 0 Å². The van der Waals surface area contributed by atoms with Crippen LogP contribution >= 0.6 is 0 Å². The van der Waals surface area contributed by atoms with Gasteiger partial charge in [-0.3, -0.25) is 0 Å². The molecule has 0 aliphatic carbocycles. The molecule has 0 amide bonds. The lowest BCUT2D eigenvalue weighted by Crippen LogP contribution is -1.77. The first kappa shape index (κ1) is 5.00. The van der Waals surface area contributed by atoms with E-state index in [0.717, 1.165) is 12.3 Å². The molecule has 0 atom stereocenters. The smallest absolute Gasteiger partial charge is 0.0652 e. The Morgan fingerprint density at radius 1 is 1.60 bits per heavy atom. The monoisotopic (exact) mass is 71.1 g/mol. The summed E-state index contributed by atoms with van der Waals surface area (Å²) in [6, 6.07) is 0. The largest absolute Gasteiger partial charge is 0.343 e. The fourth-order valence-electron chi connectivity index (χ4n) is 0.